The van der Waals surface area contributed by atoms with Crippen LogP contribution in [-0.2, 0) is 4.79 Å². The number of amides is 2. The molecule has 0 aliphatic rings. The number of methoxy groups -OCH3 is 1. The number of ether oxygens (including phenoxy) is 1. The number of nitrogens with one attached hydrogen (secondary N) is 2. The molecule has 2 aromatic carbocycles. The Morgan fingerprint density at radius 2 is 1.89 bits per heavy atom. The summed E-state index contributed by atoms with van der Waals surface area (Å²) < 4.78 is 5.51. The van der Waals surface area contributed by atoms with Gasteiger partial charge in [-0.2, -0.15) is 5.10 Å². The molecule has 0 aliphatic heterocycles. The van der Waals surface area contributed by atoms with Crippen molar-refractivity contribution in [1.82, 2.24) is 5.43 Å². The molecule has 0 saturated carbocycles. The lowest BCUT2D eigenvalue weighted by Gasteiger charge is -2.08. The minimum absolute atomic E-state index is 0.0108. The summed E-state index contributed by atoms with van der Waals surface area (Å²) >= 11 is 3.22. The van der Waals surface area contributed by atoms with Gasteiger partial charge < -0.3 is 15.2 Å². The average molecular weight is 434 g/mol. The third-order valence-corrected chi connectivity index (χ3v) is 4.19. The second-order valence-electron chi connectivity index (χ2n) is 5.97. The maximum absolute atomic E-state index is 12.1. The molecule has 2 aromatic rings. The van der Waals surface area contributed by atoms with Gasteiger partial charge in [0.15, 0.2) is 11.5 Å². The van der Waals surface area contributed by atoms with E-state index in [0.717, 1.165) is 0 Å². The Morgan fingerprint density at radius 1 is 1.22 bits per heavy atom. The molecule has 0 aromatic heterocycles. The first-order valence-corrected chi connectivity index (χ1v) is 8.92. The summed E-state index contributed by atoms with van der Waals surface area (Å²) in [5.41, 5.74) is 4.07. The number of rotatable bonds is 6. The van der Waals surface area contributed by atoms with Crippen molar-refractivity contribution >= 4 is 39.6 Å². The summed E-state index contributed by atoms with van der Waals surface area (Å²) in [5, 5.41) is 16.4. The third-order valence-electron chi connectivity index (χ3n) is 3.59. The van der Waals surface area contributed by atoms with Crippen LogP contribution in [0.3, 0.4) is 0 Å². The molecule has 0 heterocycles. The van der Waals surface area contributed by atoms with Crippen LogP contribution in [0.25, 0.3) is 0 Å². The van der Waals surface area contributed by atoms with Crippen molar-refractivity contribution in [3.63, 3.8) is 0 Å². The number of hydrazone groups is 1. The van der Waals surface area contributed by atoms with Crippen LogP contribution in [0, 0.1) is 5.92 Å². The largest absolute Gasteiger partial charge is 0.503 e. The number of nitrogens with zero attached hydrogens (tertiary/aromatic N) is 1. The molecular weight excluding hydrogens is 414 g/mol. The van der Waals surface area contributed by atoms with Crippen LogP contribution < -0.4 is 15.5 Å². The highest BCUT2D eigenvalue weighted by molar-refractivity contribution is 9.10. The van der Waals surface area contributed by atoms with E-state index in [0.29, 0.717) is 21.3 Å². The van der Waals surface area contributed by atoms with E-state index >= 15 is 0 Å². The van der Waals surface area contributed by atoms with E-state index in [1.807, 2.05) is 0 Å². The Balaban J connectivity index is 2.00. The Kier molecular flexibility index (Phi) is 6.95. The normalized spacial score (nSPS) is 10.9. The molecule has 2 amide bonds. The van der Waals surface area contributed by atoms with Gasteiger partial charge in [0.1, 0.15) is 0 Å². The molecule has 142 valence electrons. The quantitative estimate of drug-likeness (QED) is 0.479. The molecule has 0 aliphatic carbocycles. The van der Waals surface area contributed by atoms with Crippen molar-refractivity contribution in [3.8, 4) is 11.5 Å². The van der Waals surface area contributed by atoms with Gasteiger partial charge >= 0.3 is 0 Å². The summed E-state index contributed by atoms with van der Waals surface area (Å²) in [6, 6.07) is 9.73. The fourth-order valence-corrected chi connectivity index (χ4v) is 2.51. The maximum Gasteiger partial charge on any atom is 0.271 e. The van der Waals surface area contributed by atoms with Crippen molar-refractivity contribution in [2.24, 2.45) is 11.0 Å². The van der Waals surface area contributed by atoms with Gasteiger partial charge in [-0.05, 0) is 57.9 Å². The molecule has 0 saturated heterocycles. The molecular formula is C19H20BrN3O4. The van der Waals surface area contributed by atoms with E-state index in [4.69, 9.17) is 4.74 Å². The fourth-order valence-electron chi connectivity index (χ4n) is 2.05. The topological polar surface area (TPSA) is 100 Å². The molecule has 0 fully saturated rings. The second kappa shape index (κ2) is 9.18. The van der Waals surface area contributed by atoms with Crippen molar-refractivity contribution in [1.29, 1.82) is 0 Å². The number of hydrogen-bond donors (Lipinski definition) is 3. The van der Waals surface area contributed by atoms with Crippen LogP contribution in [0.2, 0.25) is 0 Å². The van der Waals surface area contributed by atoms with E-state index in [1.165, 1.54) is 13.3 Å². The van der Waals surface area contributed by atoms with Crippen molar-refractivity contribution in [2.75, 3.05) is 12.4 Å². The highest BCUT2D eigenvalue weighted by Gasteiger charge is 2.09. The van der Waals surface area contributed by atoms with Crippen LogP contribution in [0.15, 0.2) is 46.0 Å². The summed E-state index contributed by atoms with van der Waals surface area (Å²) in [6.07, 6.45) is 1.43. The number of phenols is 1. The van der Waals surface area contributed by atoms with Gasteiger partial charge in [-0.1, -0.05) is 13.8 Å². The smallest absolute Gasteiger partial charge is 0.271 e. The van der Waals surface area contributed by atoms with Crippen LogP contribution in [0.4, 0.5) is 5.69 Å². The number of anilines is 1. The van der Waals surface area contributed by atoms with E-state index < -0.39 is 5.91 Å². The first-order chi connectivity index (χ1) is 12.8. The zero-order valence-corrected chi connectivity index (χ0v) is 16.7. The highest BCUT2D eigenvalue weighted by Crippen LogP contribution is 2.34. The van der Waals surface area contributed by atoms with Gasteiger partial charge in [-0.15, -0.1) is 0 Å². The first kappa shape index (κ1) is 20.4. The summed E-state index contributed by atoms with van der Waals surface area (Å²) in [5.74, 6) is -0.328. The Morgan fingerprint density at radius 3 is 2.48 bits per heavy atom. The predicted molar refractivity (Wildman–Crippen MR) is 107 cm³/mol. The molecule has 7 nitrogen and oxygen atoms in total. The average Bonchev–Trinajstić information content (AvgIpc) is 2.64. The van der Waals surface area contributed by atoms with Crippen molar-refractivity contribution in [2.45, 2.75) is 13.8 Å². The van der Waals surface area contributed by atoms with Gasteiger partial charge in [-0.25, -0.2) is 5.43 Å². The minimum Gasteiger partial charge on any atom is -0.503 e. The van der Waals surface area contributed by atoms with Crippen LogP contribution in [0.1, 0.15) is 29.8 Å². The number of halogens is 1. The molecule has 0 spiro atoms. The maximum atomic E-state index is 12.1. The lowest BCUT2D eigenvalue weighted by molar-refractivity contribution is -0.118. The Bertz CT molecular complexity index is 864. The Hall–Kier alpha value is -2.87. The van der Waals surface area contributed by atoms with Crippen LogP contribution >= 0.6 is 15.9 Å². The number of carbonyl (C=O) groups is 2. The molecule has 0 atom stereocenters. The van der Waals surface area contributed by atoms with Crippen LogP contribution in [0.5, 0.6) is 11.5 Å². The standard InChI is InChI=1S/C19H20BrN3O4/c1-11(2)18(25)22-14-6-4-13(5-7-14)19(26)23-21-10-12-8-15(20)17(24)16(9-12)27-3/h4-11,24H,1-3H3,(H,22,25)(H,23,26)/b21-10+. The number of phenolic OH excluding ortho intramolecular Hbond substituents is 1. The molecule has 0 radical (unpaired) electrons. The molecule has 0 bridgehead atoms. The Labute approximate surface area is 165 Å². The SMILES string of the molecule is COc1cc(/C=N/NC(=O)c2ccc(NC(=O)C(C)C)cc2)cc(Br)c1O. The molecule has 8 heteroatoms. The van der Waals surface area contributed by atoms with E-state index in [-0.39, 0.29) is 23.3 Å². The number of carbonyl (C=O) groups excluding carboxylic acids is 2. The zero-order valence-electron chi connectivity index (χ0n) is 15.1. The third kappa shape index (κ3) is 5.55. The first-order valence-electron chi connectivity index (χ1n) is 8.12. The highest BCUT2D eigenvalue weighted by atomic mass is 79.9. The van der Waals surface area contributed by atoms with Crippen molar-refractivity contribution < 1.29 is 19.4 Å². The fraction of sp³-hybridized carbons (Fsp3) is 0.211. The second-order valence-corrected chi connectivity index (χ2v) is 6.83. The molecule has 2 rings (SSSR count). The molecule has 0 unspecified atom stereocenters. The van der Waals surface area contributed by atoms with Gasteiger partial charge in [0.2, 0.25) is 5.91 Å². The van der Waals surface area contributed by atoms with E-state index in [2.05, 4.69) is 31.8 Å². The van der Waals surface area contributed by atoms with Crippen molar-refractivity contribution in [3.05, 3.63) is 52.0 Å². The number of aromatic hydroxyl groups is 1. The zero-order chi connectivity index (χ0) is 20.0. The lowest BCUT2D eigenvalue weighted by Crippen LogP contribution is -2.19. The van der Waals surface area contributed by atoms with Gasteiger partial charge in [-0.3, -0.25) is 9.59 Å². The number of benzene rings is 2. The van der Waals surface area contributed by atoms with Gasteiger partial charge in [0, 0.05) is 17.2 Å². The van der Waals surface area contributed by atoms with Gasteiger partial charge in [0.25, 0.3) is 5.91 Å². The predicted octanol–water partition coefficient (Wildman–Crippen LogP) is 3.52. The van der Waals surface area contributed by atoms with E-state index in [9.17, 15) is 14.7 Å². The summed E-state index contributed by atoms with van der Waals surface area (Å²) in [4.78, 5) is 23.8. The van der Waals surface area contributed by atoms with E-state index in [1.54, 1.807) is 50.2 Å². The van der Waals surface area contributed by atoms with Crippen LogP contribution in [-0.4, -0.2) is 30.2 Å². The monoisotopic (exact) mass is 433 g/mol. The number of hydrogen-bond acceptors (Lipinski definition) is 5. The minimum atomic E-state index is -0.391. The summed E-state index contributed by atoms with van der Waals surface area (Å²) in [6.45, 7) is 3.61. The van der Waals surface area contributed by atoms with Gasteiger partial charge in [0.05, 0.1) is 17.8 Å². The lowest BCUT2D eigenvalue weighted by atomic mass is 10.1. The molecule has 3 N–H and O–H groups in total. The summed E-state index contributed by atoms with van der Waals surface area (Å²) in [7, 11) is 1.44. The molecule has 27 heavy (non-hydrogen) atoms.